The summed E-state index contributed by atoms with van der Waals surface area (Å²) in [7, 11) is 0. The molecule has 0 radical (unpaired) electrons. The van der Waals surface area contributed by atoms with E-state index in [-0.39, 0.29) is 5.97 Å². The first-order valence-electron chi connectivity index (χ1n) is 9.76. The van der Waals surface area contributed by atoms with Crippen LogP contribution in [-0.4, -0.2) is 37.0 Å². The fourth-order valence-electron chi connectivity index (χ4n) is 4.77. The zero-order valence-electron chi connectivity index (χ0n) is 15.6. The van der Waals surface area contributed by atoms with Gasteiger partial charge in [-0.2, -0.15) is 0 Å². The fourth-order valence-corrected chi connectivity index (χ4v) is 5.89. The maximum absolute atomic E-state index is 11.3. The Hall–Kier alpha value is -1.98. The number of esters is 1. The van der Waals surface area contributed by atoms with Gasteiger partial charge in [-0.3, -0.25) is 4.79 Å². The van der Waals surface area contributed by atoms with Gasteiger partial charge < -0.3 is 14.5 Å². The molecular formula is C22H24N2O2S. The van der Waals surface area contributed by atoms with Crippen LogP contribution >= 0.6 is 11.8 Å². The molecule has 1 atom stereocenters. The standard InChI is InChI=1S/C22H24N2O2S/c1-15(25)26-18-6-7-20-22(12-18)27-21-5-3-2-4-19(21)24(20)14-17-13-23-10-8-16(17)9-11-23/h2-7,12,16-17H,8-11,13-14H2,1H3. The van der Waals surface area contributed by atoms with Gasteiger partial charge in [0, 0.05) is 29.8 Å². The van der Waals surface area contributed by atoms with E-state index in [4.69, 9.17) is 4.74 Å². The average molecular weight is 381 g/mol. The number of fused-ring (bicyclic) bond motifs is 5. The molecule has 0 aliphatic carbocycles. The van der Waals surface area contributed by atoms with Gasteiger partial charge in [-0.15, -0.1) is 0 Å². The molecule has 4 aliphatic heterocycles. The average Bonchev–Trinajstić information content (AvgIpc) is 2.68. The molecule has 2 bridgehead atoms. The van der Waals surface area contributed by atoms with Gasteiger partial charge in [0.25, 0.3) is 0 Å². The first-order chi connectivity index (χ1) is 13.2. The van der Waals surface area contributed by atoms with Gasteiger partial charge in [0.2, 0.25) is 0 Å². The monoisotopic (exact) mass is 380 g/mol. The van der Waals surface area contributed by atoms with Crippen molar-refractivity contribution in [2.24, 2.45) is 11.8 Å². The van der Waals surface area contributed by atoms with Crippen LogP contribution in [-0.2, 0) is 4.79 Å². The molecule has 2 aromatic rings. The summed E-state index contributed by atoms with van der Waals surface area (Å²) in [5.74, 6) is 1.90. The summed E-state index contributed by atoms with van der Waals surface area (Å²) in [6.07, 6.45) is 2.68. The summed E-state index contributed by atoms with van der Waals surface area (Å²) in [5.41, 5.74) is 2.53. The molecule has 4 nitrogen and oxygen atoms in total. The van der Waals surface area contributed by atoms with Crippen molar-refractivity contribution in [3.63, 3.8) is 0 Å². The van der Waals surface area contributed by atoms with E-state index < -0.39 is 0 Å². The van der Waals surface area contributed by atoms with E-state index in [1.165, 1.54) is 55.7 Å². The number of hydrogen-bond donors (Lipinski definition) is 0. The number of rotatable bonds is 3. The van der Waals surface area contributed by atoms with Crippen molar-refractivity contribution < 1.29 is 9.53 Å². The Labute approximate surface area is 164 Å². The molecule has 27 heavy (non-hydrogen) atoms. The van der Waals surface area contributed by atoms with Crippen LogP contribution in [0, 0.1) is 11.8 Å². The zero-order valence-corrected chi connectivity index (χ0v) is 16.4. The van der Waals surface area contributed by atoms with Crippen molar-refractivity contribution in [2.45, 2.75) is 29.6 Å². The van der Waals surface area contributed by atoms with E-state index >= 15 is 0 Å². The Morgan fingerprint density at radius 1 is 1.11 bits per heavy atom. The second-order valence-corrected chi connectivity index (χ2v) is 8.89. The molecule has 4 aliphatic rings. The normalized spacial score (nSPS) is 25.7. The van der Waals surface area contributed by atoms with Crippen LogP contribution in [0.3, 0.4) is 0 Å². The lowest BCUT2D eigenvalue weighted by Gasteiger charge is -2.47. The highest BCUT2D eigenvalue weighted by atomic mass is 32.2. The molecule has 0 spiro atoms. The molecule has 0 aromatic heterocycles. The van der Waals surface area contributed by atoms with E-state index in [0.717, 1.165) is 17.4 Å². The third-order valence-corrected chi connectivity index (χ3v) is 7.18. The van der Waals surface area contributed by atoms with Gasteiger partial charge >= 0.3 is 5.97 Å². The Kier molecular flexibility index (Phi) is 4.37. The molecule has 0 amide bonds. The zero-order chi connectivity index (χ0) is 18.4. The van der Waals surface area contributed by atoms with Crippen LogP contribution in [0.2, 0.25) is 0 Å². The highest BCUT2D eigenvalue weighted by Gasteiger charge is 2.36. The van der Waals surface area contributed by atoms with Crippen molar-refractivity contribution in [1.29, 1.82) is 0 Å². The van der Waals surface area contributed by atoms with Crippen LogP contribution in [0.4, 0.5) is 11.4 Å². The number of nitrogens with zero attached hydrogens (tertiary/aromatic N) is 2. The fraction of sp³-hybridized carbons (Fsp3) is 0.409. The topological polar surface area (TPSA) is 32.8 Å². The Bertz CT molecular complexity index is 876. The number of anilines is 2. The minimum Gasteiger partial charge on any atom is -0.427 e. The number of carbonyl (C=O) groups is 1. The van der Waals surface area contributed by atoms with E-state index in [0.29, 0.717) is 11.7 Å². The lowest BCUT2D eigenvalue weighted by atomic mass is 9.78. The molecule has 0 N–H and O–H groups in total. The van der Waals surface area contributed by atoms with E-state index in [2.05, 4.69) is 40.1 Å². The van der Waals surface area contributed by atoms with Gasteiger partial charge in [-0.05, 0) is 68.1 Å². The lowest BCUT2D eigenvalue weighted by molar-refractivity contribution is -0.131. The molecule has 6 rings (SSSR count). The summed E-state index contributed by atoms with van der Waals surface area (Å²) in [4.78, 5) is 18.9. The highest BCUT2D eigenvalue weighted by Crippen LogP contribution is 2.50. The van der Waals surface area contributed by atoms with Crippen molar-refractivity contribution in [2.75, 3.05) is 31.1 Å². The quantitative estimate of drug-likeness (QED) is 0.576. The van der Waals surface area contributed by atoms with Crippen LogP contribution < -0.4 is 9.64 Å². The van der Waals surface area contributed by atoms with Gasteiger partial charge in [0.05, 0.1) is 11.4 Å². The maximum Gasteiger partial charge on any atom is 0.308 e. The summed E-state index contributed by atoms with van der Waals surface area (Å²) in [6.45, 7) is 6.27. The third kappa shape index (κ3) is 3.23. The molecule has 2 aromatic carbocycles. The molecule has 3 saturated heterocycles. The van der Waals surface area contributed by atoms with Gasteiger partial charge in [-0.1, -0.05) is 23.9 Å². The molecule has 5 heteroatoms. The summed E-state index contributed by atoms with van der Waals surface area (Å²) >= 11 is 1.76. The smallest absolute Gasteiger partial charge is 0.308 e. The van der Waals surface area contributed by atoms with E-state index in [1.807, 2.05) is 12.1 Å². The first-order valence-corrected chi connectivity index (χ1v) is 10.6. The van der Waals surface area contributed by atoms with E-state index in [9.17, 15) is 4.79 Å². The van der Waals surface area contributed by atoms with Crippen LogP contribution in [0.15, 0.2) is 52.3 Å². The third-order valence-electron chi connectivity index (χ3n) is 6.07. The second kappa shape index (κ2) is 6.88. The lowest BCUT2D eigenvalue weighted by Crippen LogP contribution is -2.50. The minimum atomic E-state index is -0.278. The summed E-state index contributed by atoms with van der Waals surface area (Å²) < 4.78 is 5.32. The largest absolute Gasteiger partial charge is 0.427 e. The maximum atomic E-state index is 11.3. The number of piperidine rings is 3. The van der Waals surface area contributed by atoms with E-state index in [1.54, 1.807) is 11.8 Å². The van der Waals surface area contributed by atoms with Crippen molar-refractivity contribution in [1.82, 2.24) is 4.90 Å². The number of ether oxygens (including phenoxy) is 1. The van der Waals surface area contributed by atoms with Gasteiger partial charge in [-0.25, -0.2) is 0 Å². The summed E-state index contributed by atoms with van der Waals surface area (Å²) in [6, 6.07) is 14.7. The minimum absolute atomic E-state index is 0.278. The van der Waals surface area contributed by atoms with Crippen LogP contribution in [0.5, 0.6) is 5.75 Å². The highest BCUT2D eigenvalue weighted by molar-refractivity contribution is 7.99. The Balaban J connectivity index is 1.49. The first kappa shape index (κ1) is 17.1. The number of para-hydroxylation sites is 1. The molecule has 3 fully saturated rings. The molecule has 0 saturated carbocycles. The molecule has 4 heterocycles. The molecule has 140 valence electrons. The summed E-state index contributed by atoms with van der Waals surface area (Å²) in [5, 5.41) is 0. The molecular weight excluding hydrogens is 356 g/mol. The predicted octanol–water partition coefficient (Wildman–Crippen LogP) is 4.56. The SMILES string of the molecule is CC(=O)Oc1ccc2c(c1)Sc1ccccc1N2CC1CN2CCC1CC2. The predicted molar refractivity (Wildman–Crippen MR) is 108 cm³/mol. The van der Waals surface area contributed by atoms with Gasteiger partial charge in [0.15, 0.2) is 0 Å². The molecule has 1 unspecified atom stereocenters. The van der Waals surface area contributed by atoms with Crippen molar-refractivity contribution in [3.8, 4) is 5.75 Å². The second-order valence-electron chi connectivity index (χ2n) is 7.80. The number of hydrogen-bond acceptors (Lipinski definition) is 5. The number of benzene rings is 2. The van der Waals surface area contributed by atoms with Gasteiger partial charge in [0.1, 0.15) is 5.75 Å². The van der Waals surface area contributed by atoms with Crippen molar-refractivity contribution >= 4 is 29.1 Å². The van der Waals surface area contributed by atoms with Crippen LogP contribution in [0.1, 0.15) is 19.8 Å². The van der Waals surface area contributed by atoms with Crippen LogP contribution in [0.25, 0.3) is 0 Å². The Morgan fingerprint density at radius 3 is 2.63 bits per heavy atom. The number of carbonyl (C=O) groups excluding carboxylic acids is 1. The Morgan fingerprint density at radius 2 is 1.89 bits per heavy atom. The van der Waals surface area contributed by atoms with Crippen molar-refractivity contribution in [3.05, 3.63) is 42.5 Å².